The van der Waals surface area contributed by atoms with Gasteiger partial charge in [-0.05, 0) is 71.0 Å². The van der Waals surface area contributed by atoms with Crippen LogP contribution in [-0.4, -0.2) is 33.7 Å². The number of carbonyl (C=O) groups is 1. The number of nitrogens with zero attached hydrogens (tertiary/aromatic N) is 2. The van der Waals surface area contributed by atoms with Crippen molar-refractivity contribution in [3.8, 4) is 11.5 Å². The molecule has 0 saturated carbocycles. The molecule has 0 spiro atoms. The molecule has 0 N–H and O–H groups in total. The van der Waals surface area contributed by atoms with Crippen molar-refractivity contribution in [1.29, 1.82) is 0 Å². The lowest BCUT2D eigenvalue weighted by Gasteiger charge is -2.14. The molecule has 3 rings (SSSR count). The molecule has 1 amide bonds. The van der Waals surface area contributed by atoms with Crippen molar-refractivity contribution in [2.45, 2.75) is 13.5 Å². The Balaban J connectivity index is 1.81. The number of hydrogen-bond donors (Lipinski definition) is 0. The molecule has 30 heavy (non-hydrogen) atoms. The maximum Gasteiger partial charge on any atom is 0.269 e. The number of nitro groups is 1. The zero-order chi connectivity index (χ0) is 21.8. The zero-order valence-corrected chi connectivity index (χ0v) is 19.9. The monoisotopic (exact) mass is 556 g/mol. The largest absolute Gasteiger partial charge is 0.493 e. The minimum atomic E-state index is -0.441. The van der Waals surface area contributed by atoms with Gasteiger partial charge in [0.05, 0.1) is 20.5 Å². The smallest absolute Gasteiger partial charge is 0.269 e. The summed E-state index contributed by atoms with van der Waals surface area (Å²) in [4.78, 5) is 24.9. The van der Waals surface area contributed by atoms with E-state index < -0.39 is 4.92 Å². The number of rotatable bonds is 7. The van der Waals surface area contributed by atoms with Gasteiger partial charge in [-0.1, -0.05) is 24.0 Å². The number of nitro benzene ring substituents is 1. The number of benzene rings is 2. The molecule has 10 heteroatoms. The number of carbonyl (C=O) groups excluding carboxylic acids is 1. The SMILES string of the molecule is CCN1C(=O)/C(=C/c2cc(I)c(OCc3ccc([N+](=O)[O-])cc3)c(OC)c2)SC1=S. The van der Waals surface area contributed by atoms with E-state index in [2.05, 4.69) is 22.6 Å². The fourth-order valence-electron chi connectivity index (χ4n) is 2.76. The van der Waals surface area contributed by atoms with Gasteiger partial charge >= 0.3 is 0 Å². The average Bonchev–Trinajstić information content (AvgIpc) is 2.99. The topological polar surface area (TPSA) is 81.9 Å². The third-order valence-electron chi connectivity index (χ3n) is 4.27. The lowest BCUT2D eigenvalue weighted by Crippen LogP contribution is -2.27. The summed E-state index contributed by atoms with van der Waals surface area (Å²) in [6, 6.07) is 9.88. The van der Waals surface area contributed by atoms with Crippen LogP contribution in [0, 0.1) is 13.7 Å². The Morgan fingerprint density at radius 2 is 2.00 bits per heavy atom. The highest BCUT2D eigenvalue weighted by Crippen LogP contribution is 2.37. The third kappa shape index (κ3) is 4.93. The van der Waals surface area contributed by atoms with Crippen LogP contribution in [0.15, 0.2) is 41.3 Å². The average molecular weight is 556 g/mol. The Bertz CT molecular complexity index is 1040. The van der Waals surface area contributed by atoms with Crippen LogP contribution >= 0.6 is 46.6 Å². The molecule has 7 nitrogen and oxygen atoms in total. The van der Waals surface area contributed by atoms with Crippen LogP contribution in [0.5, 0.6) is 11.5 Å². The van der Waals surface area contributed by atoms with Gasteiger partial charge in [-0.2, -0.15) is 0 Å². The lowest BCUT2D eigenvalue weighted by atomic mass is 10.1. The van der Waals surface area contributed by atoms with Crippen LogP contribution in [0.25, 0.3) is 6.08 Å². The molecule has 0 unspecified atom stereocenters. The van der Waals surface area contributed by atoms with Gasteiger partial charge in [-0.3, -0.25) is 19.8 Å². The fourth-order valence-corrected chi connectivity index (χ4v) is 4.92. The second kappa shape index (κ2) is 9.75. The van der Waals surface area contributed by atoms with Crippen LogP contribution in [-0.2, 0) is 11.4 Å². The standard InChI is InChI=1S/C20H17IN2O5S2/c1-3-22-19(24)17(30-20(22)29)10-13-8-15(21)18(16(9-13)27-2)28-11-12-4-6-14(7-5-12)23(25)26/h4-10H,3,11H2,1-2H3/b17-10-. The van der Waals surface area contributed by atoms with Crippen molar-refractivity contribution in [2.75, 3.05) is 13.7 Å². The van der Waals surface area contributed by atoms with Gasteiger partial charge in [0.1, 0.15) is 10.9 Å². The Morgan fingerprint density at radius 3 is 2.57 bits per heavy atom. The summed E-state index contributed by atoms with van der Waals surface area (Å²) in [7, 11) is 1.55. The third-order valence-corrected chi connectivity index (χ3v) is 6.45. The first-order valence-corrected chi connectivity index (χ1v) is 11.1. The minimum Gasteiger partial charge on any atom is -0.493 e. The van der Waals surface area contributed by atoms with Crippen LogP contribution in [0.4, 0.5) is 5.69 Å². The summed E-state index contributed by atoms with van der Waals surface area (Å²) >= 11 is 8.68. The molecule has 2 aromatic rings. The molecule has 0 aliphatic carbocycles. The molecule has 1 aliphatic heterocycles. The molecule has 1 fully saturated rings. The van der Waals surface area contributed by atoms with Crippen LogP contribution in [0.1, 0.15) is 18.1 Å². The molecule has 1 heterocycles. The predicted molar refractivity (Wildman–Crippen MR) is 129 cm³/mol. The van der Waals surface area contributed by atoms with Gasteiger partial charge in [-0.25, -0.2) is 0 Å². The van der Waals surface area contributed by atoms with Crippen LogP contribution in [0.2, 0.25) is 0 Å². The van der Waals surface area contributed by atoms with E-state index >= 15 is 0 Å². The molecule has 156 valence electrons. The van der Waals surface area contributed by atoms with Crippen molar-refractivity contribution in [1.82, 2.24) is 4.90 Å². The Morgan fingerprint density at radius 1 is 1.30 bits per heavy atom. The maximum absolute atomic E-state index is 12.4. The molecule has 0 aromatic heterocycles. The van der Waals surface area contributed by atoms with E-state index in [4.69, 9.17) is 21.7 Å². The van der Waals surface area contributed by atoms with E-state index in [0.717, 1.165) is 14.7 Å². The van der Waals surface area contributed by atoms with E-state index in [9.17, 15) is 14.9 Å². The first kappa shape index (κ1) is 22.5. The molecule has 2 aromatic carbocycles. The van der Waals surface area contributed by atoms with Crippen LogP contribution in [0.3, 0.4) is 0 Å². The summed E-state index contributed by atoms with van der Waals surface area (Å²) < 4.78 is 12.8. The van der Waals surface area contributed by atoms with Gasteiger partial charge in [0.15, 0.2) is 11.5 Å². The van der Waals surface area contributed by atoms with Crippen molar-refractivity contribution < 1.29 is 19.2 Å². The summed E-state index contributed by atoms with van der Waals surface area (Å²) in [5.74, 6) is 0.996. The highest BCUT2D eigenvalue weighted by molar-refractivity contribution is 14.1. The van der Waals surface area contributed by atoms with Gasteiger partial charge in [0.2, 0.25) is 0 Å². The van der Waals surface area contributed by atoms with Gasteiger partial charge in [0.25, 0.3) is 11.6 Å². The van der Waals surface area contributed by atoms with Crippen LogP contribution < -0.4 is 9.47 Å². The quantitative estimate of drug-likeness (QED) is 0.156. The normalized spacial score (nSPS) is 15.0. The van der Waals surface area contributed by atoms with E-state index in [-0.39, 0.29) is 18.2 Å². The highest BCUT2D eigenvalue weighted by atomic mass is 127. The number of halogens is 1. The summed E-state index contributed by atoms with van der Waals surface area (Å²) in [6.45, 7) is 2.66. The Hall–Kier alpha value is -2.18. The van der Waals surface area contributed by atoms with E-state index in [1.54, 1.807) is 36.3 Å². The molecule has 0 radical (unpaired) electrons. The molecule has 1 saturated heterocycles. The number of amides is 1. The predicted octanol–water partition coefficient (Wildman–Crippen LogP) is 5.01. The second-order valence-electron chi connectivity index (χ2n) is 6.17. The fraction of sp³-hybridized carbons (Fsp3) is 0.200. The first-order valence-electron chi connectivity index (χ1n) is 8.83. The van der Waals surface area contributed by atoms with Crippen molar-refractivity contribution in [2.24, 2.45) is 0 Å². The Kier molecular flexibility index (Phi) is 7.32. The Labute approximate surface area is 196 Å². The van der Waals surface area contributed by atoms with Gasteiger partial charge in [-0.15, -0.1) is 0 Å². The number of thiocarbonyl (C=S) groups is 1. The minimum absolute atomic E-state index is 0.0313. The summed E-state index contributed by atoms with van der Waals surface area (Å²) in [5, 5.41) is 10.8. The van der Waals surface area contributed by atoms with Gasteiger partial charge in [0, 0.05) is 18.7 Å². The second-order valence-corrected chi connectivity index (χ2v) is 9.01. The number of ether oxygens (including phenoxy) is 2. The van der Waals surface area contributed by atoms with E-state index in [1.165, 1.54) is 23.9 Å². The first-order chi connectivity index (χ1) is 14.3. The number of likely N-dealkylation sites (N-methyl/N-ethyl adjacent to an activating group) is 1. The maximum atomic E-state index is 12.4. The summed E-state index contributed by atoms with van der Waals surface area (Å²) in [6.07, 6.45) is 1.79. The highest BCUT2D eigenvalue weighted by Gasteiger charge is 2.30. The number of hydrogen-bond acceptors (Lipinski definition) is 7. The number of methoxy groups -OCH3 is 1. The molecule has 1 aliphatic rings. The molecule has 0 bridgehead atoms. The summed E-state index contributed by atoms with van der Waals surface area (Å²) in [5.41, 5.74) is 1.63. The van der Waals surface area contributed by atoms with Crippen molar-refractivity contribution in [3.63, 3.8) is 0 Å². The van der Waals surface area contributed by atoms with Crippen molar-refractivity contribution >= 4 is 68.6 Å². The molecular weight excluding hydrogens is 539 g/mol. The van der Waals surface area contributed by atoms with Gasteiger partial charge < -0.3 is 9.47 Å². The number of thioether (sulfide) groups is 1. The molecule has 0 atom stereocenters. The zero-order valence-electron chi connectivity index (χ0n) is 16.1. The van der Waals surface area contributed by atoms with E-state index in [1.807, 2.05) is 13.0 Å². The van der Waals surface area contributed by atoms with E-state index in [0.29, 0.717) is 27.3 Å². The lowest BCUT2D eigenvalue weighted by molar-refractivity contribution is -0.384. The number of non-ortho nitro benzene ring substituents is 1. The van der Waals surface area contributed by atoms with Crippen molar-refractivity contribution in [3.05, 3.63) is 66.1 Å². The molecular formula is C20H17IN2O5S2.